The van der Waals surface area contributed by atoms with E-state index in [-0.39, 0.29) is 17.4 Å². The van der Waals surface area contributed by atoms with E-state index < -0.39 is 15.8 Å². The van der Waals surface area contributed by atoms with Crippen LogP contribution in [0.4, 0.5) is 0 Å². The van der Waals surface area contributed by atoms with Crippen LogP contribution >= 0.6 is 0 Å². The van der Waals surface area contributed by atoms with Crippen LogP contribution in [-0.2, 0) is 9.84 Å². The maximum atomic E-state index is 11.2. The Morgan fingerprint density at radius 2 is 2.00 bits per heavy atom. The van der Waals surface area contributed by atoms with E-state index in [4.69, 9.17) is 5.11 Å². The molecule has 0 radical (unpaired) electrons. The van der Waals surface area contributed by atoms with Gasteiger partial charge in [0.2, 0.25) is 0 Å². The summed E-state index contributed by atoms with van der Waals surface area (Å²) in [7, 11) is -3.08. The van der Waals surface area contributed by atoms with E-state index in [2.05, 4.69) is 0 Å². The van der Waals surface area contributed by atoms with Gasteiger partial charge in [-0.15, -0.1) is 0 Å². The Kier molecular flexibility index (Phi) is 3.66. The second-order valence-electron chi connectivity index (χ2n) is 4.40. The van der Waals surface area contributed by atoms with Gasteiger partial charge in [-0.25, -0.2) is 13.2 Å². The summed E-state index contributed by atoms with van der Waals surface area (Å²) >= 11 is 0. The van der Waals surface area contributed by atoms with E-state index in [9.17, 15) is 13.2 Å². The molecule has 1 heterocycles. The maximum absolute atomic E-state index is 11.2. The van der Waals surface area contributed by atoms with Gasteiger partial charge in [-0.2, -0.15) is 0 Å². The molecule has 1 aromatic heterocycles. The highest BCUT2D eigenvalue weighted by Crippen LogP contribution is 2.21. The number of hydrogen-bond acceptors (Lipinski definition) is 3. The molecular formula is C11H17NO4S. The van der Waals surface area contributed by atoms with Gasteiger partial charge in [0.15, 0.2) is 0 Å². The molecule has 0 saturated heterocycles. The van der Waals surface area contributed by atoms with E-state index in [1.165, 1.54) is 6.26 Å². The Morgan fingerprint density at radius 1 is 1.47 bits per heavy atom. The van der Waals surface area contributed by atoms with E-state index >= 15 is 0 Å². The van der Waals surface area contributed by atoms with Gasteiger partial charge in [-0.3, -0.25) is 0 Å². The molecule has 1 atom stereocenters. The molecule has 6 heteroatoms. The lowest BCUT2D eigenvalue weighted by Gasteiger charge is -2.17. The molecule has 0 amide bonds. The van der Waals surface area contributed by atoms with Gasteiger partial charge >= 0.3 is 5.97 Å². The molecule has 0 aliphatic carbocycles. The highest BCUT2D eigenvalue weighted by atomic mass is 32.2. The average Bonchev–Trinajstić information content (AvgIpc) is 2.38. The topological polar surface area (TPSA) is 76.4 Å². The first-order valence-corrected chi connectivity index (χ1v) is 7.29. The average molecular weight is 259 g/mol. The van der Waals surface area contributed by atoms with Crippen molar-refractivity contribution in [1.82, 2.24) is 4.57 Å². The first-order chi connectivity index (χ1) is 7.63. The van der Waals surface area contributed by atoms with Gasteiger partial charge in [0, 0.05) is 23.7 Å². The summed E-state index contributed by atoms with van der Waals surface area (Å²) in [5.41, 5.74) is 1.57. The van der Waals surface area contributed by atoms with Gasteiger partial charge in [-0.1, -0.05) is 0 Å². The molecule has 0 aromatic carbocycles. The van der Waals surface area contributed by atoms with Gasteiger partial charge in [0.25, 0.3) is 0 Å². The summed E-state index contributed by atoms with van der Waals surface area (Å²) in [5, 5.41) is 8.99. The van der Waals surface area contributed by atoms with Gasteiger partial charge in [-0.05, 0) is 26.8 Å². The third kappa shape index (κ3) is 3.09. The highest BCUT2D eigenvalue weighted by molar-refractivity contribution is 7.90. The Bertz CT molecular complexity index is 542. The molecule has 0 spiro atoms. The second kappa shape index (κ2) is 4.52. The van der Waals surface area contributed by atoms with Crippen molar-refractivity contribution in [3.63, 3.8) is 0 Å². The molecule has 96 valence electrons. The molecule has 0 bridgehead atoms. The van der Waals surface area contributed by atoms with Crippen molar-refractivity contribution in [1.29, 1.82) is 0 Å². The van der Waals surface area contributed by atoms with E-state index in [0.717, 1.165) is 5.69 Å². The summed E-state index contributed by atoms with van der Waals surface area (Å²) in [6.45, 7) is 5.24. The standard InChI is InChI=1S/C11H17NO4S/c1-7-5-10(11(13)14)9(3)12(7)8(2)6-17(4,15)16/h5,8H,6H2,1-4H3,(H,13,14). The molecule has 1 unspecified atom stereocenters. The van der Waals surface area contributed by atoms with Crippen molar-refractivity contribution in [3.05, 3.63) is 23.0 Å². The largest absolute Gasteiger partial charge is 0.478 e. The highest BCUT2D eigenvalue weighted by Gasteiger charge is 2.20. The number of rotatable bonds is 4. The predicted octanol–water partition coefficient (Wildman–Crippen LogP) is 1.41. The van der Waals surface area contributed by atoms with Crippen LogP contribution in [0.3, 0.4) is 0 Å². The number of nitrogens with zero attached hydrogens (tertiary/aromatic N) is 1. The van der Waals surface area contributed by atoms with Crippen molar-refractivity contribution < 1.29 is 18.3 Å². The molecule has 17 heavy (non-hydrogen) atoms. The fourth-order valence-electron chi connectivity index (χ4n) is 2.18. The monoisotopic (exact) mass is 259 g/mol. The predicted molar refractivity (Wildman–Crippen MR) is 65.3 cm³/mol. The van der Waals surface area contributed by atoms with Crippen molar-refractivity contribution in [2.24, 2.45) is 0 Å². The summed E-state index contributed by atoms with van der Waals surface area (Å²) in [6, 6.07) is 1.30. The van der Waals surface area contributed by atoms with Crippen LogP contribution in [0.5, 0.6) is 0 Å². The minimum Gasteiger partial charge on any atom is -0.478 e. The van der Waals surface area contributed by atoms with Crippen LogP contribution in [0.25, 0.3) is 0 Å². The smallest absolute Gasteiger partial charge is 0.337 e. The molecule has 0 saturated carbocycles. The number of aromatic nitrogens is 1. The van der Waals surface area contributed by atoms with Gasteiger partial charge in [0.05, 0.1) is 11.3 Å². The van der Waals surface area contributed by atoms with Crippen LogP contribution in [0.2, 0.25) is 0 Å². The third-order valence-electron chi connectivity index (χ3n) is 2.70. The van der Waals surface area contributed by atoms with Gasteiger partial charge in [0.1, 0.15) is 9.84 Å². The summed E-state index contributed by atoms with van der Waals surface area (Å²) in [6.07, 6.45) is 1.18. The maximum Gasteiger partial charge on any atom is 0.337 e. The van der Waals surface area contributed by atoms with Crippen LogP contribution in [-0.4, -0.2) is 36.1 Å². The van der Waals surface area contributed by atoms with Crippen molar-refractivity contribution in [2.45, 2.75) is 26.8 Å². The van der Waals surface area contributed by atoms with E-state index in [1.807, 2.05) is 0 Å². The Labute approximate surface area is 101 Å². The lowest BCUT2D eigenvalue weighted by Crippen LogP contribution is -2.18. The van der Waals surface area contributed by atoms with Crippen molar-refractivity contribution in [3.8, 4) is 0 Å². The van der Waals surface area contributed by atoms with Gasteiger partial charge < -0.3 is 9.67 Å². The zero-order valence-electron chi connectivity index (χ0n) is 10.4. The van der Waals surface area contributed by atoms with E-state index in [0.29, 0.717) is 5.69 Å². The SMILES string of the molecule is Cc1cc(C(=O)O)c(C)n1C(C)CS(C)(=O)=O. The Hall–Kier alpha value is -1.30. The number of sulfone groups is 1. The lowest BCUT2D eigenvalue weighted by atomic mass is 10.2. The molecule has 5 nitrogen and oxygen atoms in total. The summed E-state index contributed by atoms with van der Waals surface area (Å²) in [5.74, 6) is -0.988. The minimum absolute atomic E-state index is 0.00240. The lowest BCUT2D eigenvalue weighted by molar-refractivity contribution is 0.0696. The molecular weight excluding hydrogens is 242 g/mol. The van der Waals surface area contributed by atoms with Crippen LogP contribution in [0, 0.1) is 13.8 Å². The first-order valence-electron chi connectivity index (χ1n) is 5.23. The number of aryl methyl sites for hydroxylation is 1. The van der Waals surface area contributed by atoms with Crippen LogP contribution in [0.1, 0.15) is 34.7 Å². The third-order valence-corrected chi connectivity index (χ3v) is 3.79. The van der Waals surface area contributed by atoms with E-state index in [1.54, 1.807) is 31.4 Å². The van der Waals surface area contributed by atoms with Crippen LogP contribution in [0.15, 0.2) is 6.07 Å². The zero-order valence-corrected chi connectivity index (χ0v) is 11.2. The van der Waals surface area contributed by atoms with Crippen molar-refractivity contribution >= 4 is 15.8 Å². The number of aromatic carboxylic acids is 1. The Balaban J connectivity index is 3.19. The molecule has 1 rings (SSSR count). The first kappa shape index (κ1) is 13.8. The number of carboxylic acid groups (broad SMARTS) is 1. The summed E-state index contributed by atoms with van der Waals surface area (Å²) < 4.78 is 24.3. The molecule has 1 N–H and O–H groups in total. The molecule has 0 aliphatic rings. The summed E-state index contributed by atoms with van der Waals surface area (Å²) in [4.78, 5) is 11.0. The molecule has 0 fully saturated rings. The number of hydrogen-bond donors (Lipinski definition) is 1. The quantitative estimate of drug-likeness (QED) is 0.887. The zero-order chi connectivity index (χ0) is 13.4. The number of carbonyl (C=O) groups is 1. The normalized spacial score (nSPS) is 13.6. The van der Waals surface area contributed by atoms with Crippen LogP contribution < -0.4 is 0 Å². The second-order valence-corrected chi connectivity index (χ2v) is 6.59. The number of carboxylic acids is 1. The fraction of sp³-hybridized carbons (Fsp3) is 0.545. The Morgan fingerprint density at radius 3 is 2.35 bits per heavy atom. The molecule has 1 aromatic rings. The molecule has 0 aliphatic heterocycles. The van der Waals surface area contributed by atoms with Crippen molar-refractivity contribution in [2.75, 3.05) is 12.0 Å². The minimum atomic E-state index is -3.08. The fourth-order valence-corrected chi connectivity index (χ4v) is 3.21.